The molecule has 4 rings (SSSR count). The van der Waals surface area contributed by atoms with E-state index in [1.807, 2.05) is 25.3 Å². The average molecular weight is 707 g/mol. The number of rotatable bonds is 10. The molecule has 14 heteroatoms. The number of hydrogen-bond acceptors (Lipinski definition) is 10. The third-order valence-electron chi connectivity index (χ3n) is 7.09. The van der Waals surface area contributed by atoms with Crippen molar-refractivity contribution < 1.29 is 33.7 Å². The number of carbonyl (C=O) groups is 3. The van der Waals surface area contributed by atoms with Gasteiger partial charge in [-0.1, -0.05) is 20.8 Å². The van der Waals surface area contributed by atoms with Gasteiger partial charge in [0.1, 0.15) is 35.4 Å². The number of halogens is 1. The molecule has 12 nitrogen and oxygen atoms in total. The Hall–Kier alpha value is -3.65. The number of benzene rings is 1. The van der Waals surface area contributed by atoms with Gasteiger partial charge < -0.3 is 34.9 Å². The van der Waals surface area contributed by atoms with E-state index in [1.165, 1.54) is 16.2 Å². The van der Waals surface area contributed by atoms with Gasteiger partial charge in [-0.3, -0.25) is 4.79 Å². The van der Waals surface area contributed by atoms with Crippen molar-refractivity contribution in [3.8, 4) is 22.9 Å². The Kier molecular flexibility index (Phi) is 10.5. The number of carbonyl (C=O) groups excluding carboxylic acids is 2. The van der Waals surface area contributed by atoms with E-state index in [0.717, 1.165) is 5.13 Å². The molecule has 1 saturated heterocycles. The number of ether oxygens (including phenoxy) is 3. The van der Waals surface area contributed by atoms with E-state index in [-0.39, 0.29) is 25.1 Å². The maximum Gasteiger partial charge on any atom is 0.408 e. The Bertz CT molecular complexity index is 1570. The maximum atomic E-state index is 13.9. The van der Waals surface area contributed by atoms with Crippen molar-refractivity contribution in [1.29, 1.82) is 0 Å². The Morgan fingerprint density at radius 3 is 2.42 bits per heavy atom. The minimum Gasteiger partial charge on any atom is -0.495 e. The molecule has 0 aliphatic carbocycles. The number of hydrogen-bond donors (Lipinski definition) is 3. The molecule has 1 aliphatic heterocycles. The fraction of sp³-hybridized carbons (Fsp3) is 0.516. The van der Waals surface area contributed by atoms with E-state index < -0.39 is 41.6 Å². The summed E-state index contributed by atoms with van der Waals surface area (Å²) in [6.07, 6.45) is -1.75. The van der Waals surface area contributed by atoms with Crippen LogP contribution in [-0.2, 0) is 14.3 Å². The van der Waals surface area contributed by atoms with Gasteiger partial charge in [-0.25, -0.2) is 19.6 Å². The van der Waals surface area contributed by atoms with E-state index >= 15 is 0 Å². The lowest BCUT2D eigenvalue weighted by Gasteiger charge is -2.34. The third kappa shape index (κ3) is 7.96. The third-order valence-corrected chi connectivity index (χ3v) is 8.63. The molecule has 1 aromatic carbocycles. The van der Waals surface area contributed by atoms with Crippen LogP contribution in [0.4, 0.5) is 9.93 Å². The van der Waals surface area contributed by atoms with Crippen LogP contribution in [0.15, 0.2) is 28.1 Å². The van der Waals surface area contributed by atoms with Crippen molar-refractivity contribution in [2.24, 2.45) is 5.41 Å². The summed E-state index contributed by atoms with van der Waals surface area (Å²) in [7, 11) is 1.57. The molecule has 0 saturated carbocycles. The highest BCUT2D eigenvalue weighted by Crippen LogP contribution is 2.40. The largest absolute Gasteiger partial charge is 0.495 e. The summed E-state index contributed by atoms with van der Waals surface area (Å²) in [4.78, 5) is 49.6. The van der Waals surface area contributed by atoms with Crippen LogP contribution in [-0.4, -0.2) is 81.9 Å². The topological polar surface area (TPSA) is 152 Å². The van der Waals surface area contributed by atoms with Gasteiger partial charge in [0, 0.05) is 29.3 Å². The van der Waals surface area contributed by atoms with Crippen LogP contribution in [0.5, 0.6) is 11.5 Å². The first-order valence-electron chi connectivity index (χ1n) is 14.7. The van der Waals surface area contributed by atoms with E-state index in [9.17, 15) is 19.5 Å². The molecule has 2 amide bonds. The molecule has 3 heterocycles. The molecule has 1 aliphatic rings. The smallest absolute Gasteiger partial charge is 0.408 e. The molecule has 0 spiro atoms. The monoisotopic (exact) mass is 705 g/mol. The number of carboxylic acids is 1. The first kappa shape index (κ1) is 34.2. The average Bonchev–Trinajstić information content (AvgIpc) is 3.58. The van der Waals surface area contributed by atoms with Gasteiger partial charge in [0.15, 0.2) is 5.13 Å². The number of likely N-dealkylation sites (tertiary alicyclic amines) is 1. The number of thiazole rings is 1. The minimum atomic E-state index is -1.16. The first-order chi connectivity index (χ1) is 21.1. The van der Waals surface area contributed by atoms with Gasteiger partial charge in [-0.2, -0.15) is 0 Å². The van der Waals surface area contributed by atoms with E-state index in [4.69, 9.17) is 24.2 Å². The van der Waals surface area contributed by atoms with Gasteiger partial charge in [-0.05, 0) is 61.2 Å². The van der Waals surface area contributed by atoms with Crippen molar-refractivity contribution in [1.82, 2.24) is 20.2 Å². The van der Waals surface area contributed by atoms with Crippen LogP contribution in [0.25, 0.3) is 22.3 Å². The molecule has 3 atom stereocenters. The van der Waals surface area contributed by atoms with Crippen molar-refractivity contribution >= 4 is 61.3 Å². The van der Waals surface area contributed by atoms with Crippen molar-refractivity contribution in [3.05, 3.63) is 28.1 Å². The van der Waals surface area contributed by atoms with Gasteiger partial charge in [-0.15, -0.1) is 11.3 Å². The van der Waals surface area contributed by atoms with Gasteiger partial charge in [0.05, 0.1) is 35.4 Å². The summed E-state index contributed by atoms with van der Waals surface area (Å²) >= 11 is 5.07. The highest BCUT2D eigenvalue weighted by Gasteiger charge is 2.46. The Morgan fingerprint density at radius 1 is 1.11 bits per heavy atom. The van der Waals surface area contributed by atoms with Crippen LogP contribution in [0.2, 0.25) is 0 Å². The summed E-state index contributed by atoms with van der Waals surface area (Å²) in [5.74, 6) is -0.646. The summed E-state index contributed by atoms with van der Waals surface area (Å²) in [5.41, 5.74) is 1.05. The number of fused-ring (bicyclic) bond motifs is 1. The molecular weight excluding hydrogens is 666 g/mol. The van der Waals surface area contributed by atoms with Crippen molar-refractivity contribution in [2.75, 3.05) is 19.0 Å². The second-order valence-corrected chi connectivity index (χ2v) is 14.2. The second kappa shape index (κ2) is 13.8. The Balaban J connectivity index is 1.69. The molecule has 0 radical (unpaired) electrons. The highest BCUT2D eigenvalue weighted by atomic mass is 79.9. The van der Waals surface area contributed by atoms with Crippen LogP contribution in [0.1, 0.15) is 54.9 Å². The molecule has 45 heavy (non-hydrogen) atoms. The number of aliphatic carboxylic acids is 1. The summed E-state index contributed by atoms with van der Waals surface area (Å²) in [5, 5.41) is 19.4. The zero-order valence-electron chi connectivity index (χ0n) is 26.6. The minimum absolute atomic E-state index is 0.00107. The van der Waals surface area contributed by atoms with Crippen molar-refractivity contribution in [3.63, 3.8) is 0 Å². The number of methoxy groups -OCH3 is 1. The zero-order valence-corrected chi connectivity index (χ0v) is 29.0. The number of nitrogens with one attached hydrogen (secondary N) is 2. The van der Waals surface area contributed by atoms with Crippen LogP contribution < -0.4 is 20.1 Å². The molecule has 0 bridgehead atoms. The second-order valence-electron chi connectivity index (χ2n) is 12.5. The number of carboxylic acid groups (broad SMARTS) is 1. The molecule has 0 unspecified atom stereocenters. The first-order valence-corrected chi connectivity index (χ1v) is 16.3. The number of anilines is 1. The molecule has 244 valence electrons. The summed E-state index contributed by atoms with van der Waals surface area (Å²) < 4.78 is 17.8. The fourth-order valence-electron chi connectivity index (χ4n) is 5.02. The van der Waals surface area contributed by atoms with Gasteiger partial charge in [0.2, 0.25) is 5.91 Å². The lowest BCUT2D eigenvalue weighted by Crippen LogP contribution is -2.57. The Labute approximate surface area is 275 Å². The molecule has 2 aromatic heterocycles. The molecule has 1 fully saturated rings. The fourth-order valence-corrected chi connectivity index (χ4v) is 6.47. The lowest BCUT2D eigenvalue weighted by atomic mass is 9.85. The number of nitrogens with zero attached hydrogens (tertiary/aromatic N) is 3. The van der Waals surface area contributed by atoms with Crippen LogP contribution in [0, 0.1) is 5.41 Å². The SMILES string of the molecule is COc1ccc2c(O[C@@H]3C[C@@H](C(=O)O)N(C(=O)[C@@H](NC(=O)OC(C)C)C(C)(C)C)C3)cc(-c3csc(NC(C)C)n3)nc2c1Br. The van der Waals surface area contributed by atoms with Gasteiger partial charge in [0.25, 0.3) is 0 Å². The summed E-state index contributed by atoms with van der Waals surface area (Å²) in [6, 6.07) is 3.41. The Morgan fingerprint density at radius 2 is 1.82 bits per heavy atom. The van der Waals surface area contributed by atoms with Crippen molar-refractivity contribution in [2.45, 2.75) is 85.2 Å². The number of alkyl carbamates (subject to hydrolysis) is 1. The molecular formula is C31H40BrN5O7S. The quantitative estimate of drug-likeness (QED) is 0.231. The standard InChI is InChI=1S/C31H40BrN5O7S/c1-15(2)33-29-35-20(14-45-29)19-12-23(18-9-10-22(42-8)24(32)25(18)34-19)44-17-11-21(28(39)40)37(13-17)27(38)26(31(5,6)7)36-30(41)43-16(3)4/h9-10,12,14-17,21,26H,11,13H2,1-8H3,(H,33,35)(H,36,41)(H,39,40)/t17-,21+,26-/m1/s1. The van der Waals surface area contributed by atoms with E-state index in [1.54, 1.807) is 53.9 Å². The van der Waals surface area contributed by atoms with E-state index in [0.29, 0.717) is 38.3 Å². The number of aromatic nitrogens is 2. The van der Waals surface area contributed by atoms with Crippen LogP contribution in [0.3, 0.4) is 0 Å². The number of amides is 2. The predicted octanol–water partition coefficient (Wildman–Crippen LogP) is 5.93. The molecule has 3 N–H and O–H groups in total. The highest BCUT2D eigenvalue weighted by molar-refractivity contribution is 9.10. The van der Waals surface area contributed by atoms with E-state index in [2.05, 4.69) is 26.6 Å². The normalized spacial score (nSPS) is 17.4. The lowest BCUT2D eigenvalue weighted by molar-refractivity contribution is -0.150. The van der Waals surface area contributed by atoms with Crippen LogP contribution >= 0.6 is 27.3 Å². The predicted molar refractivity (Wildman–Crippen MR) is 176 cm³/mol. The molecule has 3 aromatic rings. The zero-order chi connectivity index (χ0) is 33.2. The van der Waals surface area contributed by atoms with Gasteiger partial charge >= 0.3 is 12.1 Å². The summed E-state index contributed by atoms with van der Waals surface area (Å²) in [6.45, 7) is 12.8. The maximum absolute atomic E-state index is 13.9. The number of pyridine rings is 1.